The zero-order chi connectivity index (χ0) is 5.98. The molecule has 0 bridgehead atoms. The summed E-state index contributed by atoms with van der Waals surface area (Å²) >= 11 is -0.578. The van der Waals surface area contributed by atoms with Gasteiger partial charge in [-0.1, -0.05) is 0 Å². The standard InChI is InChI=1S/C5H11N.CH3.Ga/c1-4-6(3)5-2;;/h1-2,4-5H2,3H3;1H3;. The average molecular weight is 170 g/mol. The van der Waals surface area contributed by atoms with Crippen LogP contribution in [0.25, 0.3) is 0 Å². The molecule has 2 heteroatoms. The van der Waals surface area contributed by atoms with Gasteiger partial charge >= 0.3 is 56.7 Å². The van der Waals surface area contributed by atoms with E-state index in [1.165, 1.54) is 13.1 Å². The first-order chi connectivity index (χ1) is 3.79. The topological polar surface area (TPSA) is 3.24 Å². The van der Waals surface area contributed by atoms with Gasteiger partial charge in [-0.25, -0.2) is 0 Å². The molecule has 0 radical (unpaired) electrons. The van der Waals surface area contributed by atoms with E-state index < -0.39 is 16.2 Å². The van der Waals surface area contributed by atoms with Crippen LogP contribution in [-0.4, -0.2) is 41.3 Å². The van der Waals surface area contributed by atoms with Gasteiger partial charge in [0.1, 0.15) is 0 Å². The first-order valence-electron chi connectivity index (χ1n) is 3.47. The van der Waals surface area contributed by atoms with Crippen LogP contribution in [0.4, 0.5) is 0 Å². The molecular formula is C6H14GaN. The molecule has 0 N–H and O–H groups in total. The van der Waals surface area contributed by atoms with Crippen molar-refractivity contribution in [3.8, 4) is 0 Å². The fourth-order valence-electron chi connectivity index (χ4n) is 1.14. The Bertz CT molecular complexity index is 56.9. The Morgan fingerprint density at radius 2 is 1.75 bits per heavy atom. The zero-order valence-electron chi connectivity index (χ0n) is 5.85. The summed E-state index contributed by atoms with van der Waals surface area (Å²) in [5.74, 6) is 0. The zero-order valence-corrected chi connectivity index (χ0v) is 8.28. The van der Waals surface area contributed by atoms with Crippen LogP contribution in [0.1, 0.15) is 0 Å². The van der Waals surface area contributed by atoms with E-state index in [9.17, 15) is 0 Å². The molecule has 1 aliphatic rings. The Morgan fingerprint density at radius 3 is 2.12 bits per heavy atom. The molecular weight excluding hydrogens is 156 g/mol. The predicted octanol–water partition coefficient (Wildman–Crippen LogP) is 1.06. The van der Waals surface area contributed by atoms with Crippen molar-refractivity contribution in [2.24, 2.45) is 0 Å². The van der Waals surface area contributed by atoms with Gasteiger partial charge in [0.15, 0.2) is 0 Å². The van der Waals surface area contributed by atoms with Crippen LogP contribution in [-0.2, 0) is 0 Å². The van der Waals surface area contributed by atoms with Gasteiger partial charge in [-0.2, -0.15) is 0 Å². The Kier molecular flexibility index (Phi) is 2.47. The number of rotatable bonds is 0. The van der Waals surface area contributed by atoms with Gasteiger partial charge in [-0.05, 0) is 0 Å². The molecule has 0 spiro atoms. The Balaban J connectivity index is 2.19. The van der Waals surface area contributed by atoms with E-state index in [1.54, 1.807) is 9.95 Å². The van der Waals surface area contributed by atoms with Gasteiger partial charge in [0, 0.05) is 0 Å². The van der Waals surface area contributed by atoms with Gasteiger partial charge in [-0.3, -0.25) is 0 Å². The van der Waals surface area contributed by atoms with Crippen molar-refractivity contribution in [1.29, 1.82) is 0 Å². The second-order valence-corrected chi connectivity index (χ2v) is 10.0. The third-order valence-corrected chi connectivity index (χ3v) is 7.23. The molecule has 1 fully saturated rings. The number of nitrogens with zero attached hydrogens (tertiary/aromatic N) is 1. The molecule has 0 aromatic carbocycles. The summed E-state index contributed by atoms with van der Waals surface area (Å²) in [6.07, 6.45) is 0. The van der Waals surface area contributed by atoms with Crippen LogP contribution in [0.5, 0.6) is 0 Å². The summed E-state index contributed by atoms with van der Waals surface area (Å²) < 4.78 is 0. The third kappa shape index (κ3) is 1.84. The first-order valence-corrected chi connectivity index (χ1v) is 9.32. The van der Waals surface area contributed by atoms with Crippen molar-refractivity contribution in [1.82, 2.24) is 4.90 Å². The average Bonchev–Trinajstić information content (AvgIpc) is 1.77. The SMILES string of the molecule is CN1C[CH2][Ga]([CH3])[CH2]C1. The molecule has 46 valence electrons. The van der Waals surface area contributed by atoms with Crippen LogP contribution in [0.2, 0.25) is 15.4 Å². The monoisotopic (exact) mass is 169 g/mol. The van der Waals surface area contributed by atoms with Gasteiger partial charge < -0.3 is 0 Å². The van der Waals surface area contributed by atoms with Crippen LogP contribution in [0, 0.1) is 0 Å². The molecule has 0 saturated carbocycles. The van der Waals surface area contributed by atoms with Crippen molar-refractivity contribution >= 4 is 16.2 Å². The quantitative estimate of drug-likeness (QED) is 0.491. The van der Waals surface area contributed by atoms with E-state index in [2.05, 4.69) is 17.4 Å². The summed E-state index contributed by atoms with van der Waals surface area (Å²) in [6.45, 7) is 2.78. The minimum absolute atomic E-state index is 0.578. The summed E-state index contributed by atoms with van der Waals surface area (Å²) in [6, 6.07) is 0. The molecule has 1 heterocycles. The Morgan fingerprint density at radius 1 is 1.25 bits per heavy atom. The summed E-state index contributed by atoms with van der Waals surface area (Å²) in [4.78, 5) is 5.62. The summed E-state index contributed by atoms with van der Waals surface area (Å²) in [7, 11) is 2.23. The molecule has 8 heavy (non-hydrogen) atoms. The van der Waals surface area contributed by atoms with Crippen molar-refractivity contribution in [3.05, 3.63) is 0 Å². The van der Waals surface area contributed by atoms with E-state index in [1.807, 2.05) is 0 Å². The third-order valence-electron chi connectivity index (χ3n) is 2.01. The summed E-state index contributed by atoms with van der Waals surface area (Å²) in [5, 5.41) is 0. The molecule has 1 nitrogen and oxygen atoms in total. The van der Waals surface area contributed by atoms with Crippen molar-refractivity contribution in [3.63, 3.8) is 0 Å². The Hall–Kier alpha value is 0.596. The van der Waals surface area contributed by atoms with Crippen molar-refractivity contribution < 1.29 is 0 Å². The maximum absolute atomic E-state index is 2.53. The predicted molar refractivity (Wildman–Crippen MR) is 38.7 cm³/mol. The van der Waals surface area contributed by atoms with Crippen molar-refractivity contribution in [2.75, 3.05) is 20.1 Å². The van der Waals surface area contributed by atoms with E-state index in [0.717, 1.165) is 0 Å². The molecule has 1 saturated heterocycles. The minimum atomic E-state index is -0.578. The molecule has 0 unspecified atom stereocenters. The van der Waals surface area contributed by atoms with Crippen LogP contribution >= 0.6 is 0 Å². The van der Waals surface area contributed by atoms with Crippen molar-refractivity contribution in [2.45, 2.75) is 15.4 Å². The number of hydrogen-bond acceptors (Lipinski definition) is 1. The van der Waals surface area contributed by atoms with Gasteiger partial charge in [-0.15, -0.1) is 0 Å². The second kappa shape index (κ2) is 2.94. The first kappa shape index (κ1) is 6.71. The maximum atomic E-state index is 2.53. The van der Waals surface area contributed by atoms with Gasteiger partial charge in [0.05, 0.1) is 0 Å². The van der Waals surface area contributed by atoms with Crippen LogP contribution < -0.4 is 0 Å². The van der Waals surface area contributed by atoms with E-state index in [0.29, 0.717) is 0 Å². The summed E-state index contributed by atoms with van der Waals surface area (Å²) in [5.41, 5.74) is 2.53. The second-order valence-electron chi connectivity index (χ2n) is 2.99. The molecule has 0 aromatic rings. The van der Waals surface area contributed by atoms with Crippen LogP contribution in [0.3, 0.4) is 0 Å². The molecule has 1 rings (SSSR count). The fraction of sp³-hybridized carbons (Fsp3) is 1.00. The van der Waals surface area contributed by atoms with E-state index in [-0.39, 0.29) is 0 Å². The van der Waals surface area contributed by atoms with E-state index in [4.69, 9.17) is 0 Å². The van der Waals surface area contributed by atoms with E-state index >= 15 is 0 Å². The fourth-order valence-corrected chi connectivity index (χ4v) is 5.44. The molecule has 0 atom stereocenters. The number of hydrogen-bond donors (Lipinski definition) is 0. The Labute approximate surface area is 57.1 Å². The van der Waals surface area contributed by atoms with Gasteiger partial charge in [0.25, 0.3) is 0 Å². The van der Waals surface area contributed by atoms with Crippen LogP contribution in [0.15, 0.2) is 0 Å². The molecule has 1 aliphatic heterocycles. The normalized spacial score (nSPS) is 24.0. The molecule has 0 aromatic heterocycles. The molecule has 0 amide bonds. The van der Waals surface area contributed by atoms with Gasteiger partial charge in [0.2, 0.25) is 0 Å². The molecule has 0 aliphatic carbocycles.